The zero-order chi connectivity index (χ0) is 11.5. The fourth-order valence-electron chi connectivity index (χ4n) is 2.59. The van der Waals surface area contributed by atoms with Crippen LogP contribution in [0.2, 0.25) is 0 Å². The summed E-state index contributed by atoms with van der Waals surface area (Å²) in [6.07, 6.45) is 6.74. The highest BCUT2D eigenvalue weighted by molar-refractivity contribution is 7.09. The molecule has 1 aromatic heterocycles. The van der Waals surface area contributed by atoms with Crippen LogP contribution >= 0.6 is 11.3 Å². The Balaban J connectivity index is 1.95. The van der Waals surface area contributed by atoms with Crippen LogP contribution in [-0.4, -0.2) is 16.2 Å². The lowest BCUT2D eigenvalue weighted by atomic mass is 9.80. The number of hydrogen-bond acceptors (Lipinski definition) is 3. The quantitative estimate of drug-likeness (QED) is 0.820. The van der Waals surface area contributed by atoms with Crippen molar-refractivity contribution < 1.29 is 5.11 Å². The van der Waals surface area contributed by atoms with Crippen LogP contribution in [0.25, 0.3) is 0 Å². The molecule has 0 aromatic carbocycles. The minimum absolute atomic E-state index is 0.239. The molecule has 2 rings (SSSR count). The minimum atomic E-state index is -0.239. The summed E-state index contributed by atoms with van der Waals surface area (Å²) in [7, 11) is 0. The maximum atomic E-state index is 10.2. The maximum Gasteiger partial charge on any atom is 0.0950 e. The first-order valence-corrected chi connectivity index (χ1v) is 6.77. The standard InChI is InChI=1S/C13H19NOS/c1-9-5-10(2)7-11(6-9)12(15)8-13-14-3-4-16-13/h3-5,9,11-12,15H,6-8H2,1-2H3. The Morgan fingerprint density at radius 3 is 3.06 bits per heavy atom. The number of aromatic nitrogens is 1. The van der Waals surface area contributed by atoms with Gasteiger partial charge < -0.3 is 5.11 Å². The van der Waals surface area contributed by atoms with E-state index in [4.69, 9.17) is 0 Å². The Morgan fingerprint density at radius 1 is 1.62 bits per heavy atom. The normalized spacial score (nSPS) is 27.6. The molecule has 0 bridgehead atoms. The number of aliphatic hydroxyl groups excluding tert-OH is 1. The smallest absolute Gasteiger partial charge is 0.0950 e. The Morgan fingerprint density at radius 2 is 2.44 bits per heavy atom. The van der Waals surface area contributed by atoms with E-state index >= 15 is 0 Å². The van der Waals surface area contributed by atoms with Gasteiger partial charge in [0.15, 0.2) is 0 Å². The van der Waals surface area contributed by atoms with Crippen LogP contribution in [0.3, 0.4) is 0 Å². The molecule has 3 unspecified atom stereocenters. The Labute approximate surface area is 101 Å². The molecule has 88 valence electrons. The molecule has 1 aliphatic rings. The van der Waals surface area contributed by atoms with Crippen LogP contribution in [0.4, 0.5) is 0 Å². The van der Waals surface area contributed by atoms with Gasteiger partial charge in [0, 0.05) is 18.0 Å². The SMILES string of the molecule is CC1=CC(C)CC(C(O)Cc2nccs2)C1. The summed E-state index contributed by atoms with van der Waals surface area (Å²) in [5, 5.41) is 13.2. The Bertz CT molecular complexity index is 358. The van der Waals surface area contributed by atoms with Gasteiger partial charge in [-0.15, -0.1) is 11.3 Å². The van der Waals surface area contributed by atoms with Crippen molar-refractivity contribution in [2.45, 2.75) is 39.2 Å². The highest BCUT2D eigenvalue weighted by Crippen LogP contribution is 2.31. The third-order valence-electron chi connectivity index (χ3n) is 3.24. The van der Waals surface area contributed by atoms with Crippen LogP contribution in [0.1, 0.15) is 31.7 Å². The first-order chi connectivity index (χ1) is 7.65. The number of nitrogens with zero attached hydrogens (tertiary/aromatic N) is 1. The van der Waals surface area contributed by atoms with E-state index < -0.39 is 0 Å². The van der Waals surface area contributed by atoms with E-state index in [1.54, 1.807) is 17.5 Å². The molecule has 1 aliphatic carbocycles. The van der Waals surface area contributed by atoms with E-state index in [9.17, 15) is 5.11 Å². The largest absolute Gasteiger partial charge is 0.392 e. The van der Waals surface area contributed by atoms with E-state index in [1.807, 2.05) is 5.38 Å². The Hall–Kier alpha value is -0.670. The molecule has 1 heterocycles. The fourth-order valence-corrected chi connectivity index (χ4v) is 3.26. The zero-order valence-corrected chi connectivity index (χ0v) is 10.7. The molecule has 2 nitrogen and oxygen atoms in total. The van der Waals surface area contributed by atoms with Crippen molar-refractivity contribution in [3.8, 4) is 0 Å². The summed E-state index contributed by atoms with van der Waals surface area (Å²) in [5.74, 6) is 1.01. The summed E-state index contributed by atoms with van der Waals surface area (Å²) >= 11 is 1.63. The average Bonchev–Trinajstić information content (AvgIpc) is 2.68. The third kappa shape index (κ3) is 2.92. The summed E-state index contributed by atoms with van der Waals surface area (Å²) in [6, 6.07) is 0. The van der Waals surface area contributed by atoms with Gasteiger partial charge in [-0.2, -0.15) is 0 Å². The predicted molar refractivity (Wildman–Crippen MR) is 67.5 cm³/mol. The summed E-state index contributed by atoms with van der Waals surface area (Å²) < 4.78 is 0. The fraction of sp³-hybridized carbons (Fsp3) is 0.615. The van der Waals surface area contributed by atoms with Crippen molar-refractivity contribution in [3.63, 3.8) is 0 Å². The van der Waals surface area contributed by atoms with Gasteiger partial charge in [-0.25, -0.2) is 4.98 Å². The van der Waals surface area contributed by atoms with Gasteiger partial charge in [0.2, 0.25) is 0 Å². The molecule has 1 N–H and O–H groups in total. The number of thiazole rings is 1. The van der Waals surface area contributed by atoms with Gasteiger partial charge in [0.1, 0.15) is 0 Å². The first-order valence-electron chi connectivity index (χ1n) is 5.89. The lowest BCUT2D eigenvalue weighted by Gasteiger charge is -2.29. The number of aliphatic hydroxyl groups is 1. The highest BCUT2D eigenvalue weighted by Gasteiger charge is 2.25. The van der Waals surface area contributed by atoms with E-state index in [0.29, 0.717) is 18.3 Å². The molecule has 0 aliphatic heterocycles. The second-order valence-electron chi connectivity index (χ2n) is 4.89. The predicted octanol–water partition coefficient (Wildman–Crippen LogP) is 3.04. The molecule has 0 saturated carbocycles. The maximum absolute atomic E-state index is 10.2. The average molecular weight is 237 g/mol. The van der Waals surface area contributed by atoms with Crippen LogP contribution < -0.4 is 0 Å². The van der Waals surface area contributed by atoms with Crippen molar-refractivity contribution in [1.82, 2.24) is 4.98 Å². The molecule has 0 saturated heterocycles. The summed E-state index contributed by atoms with van der Waals surface area (Å²) in [5.41, 5.74) is 1.42. The molecule has 0 fully saturated rings. The van der Waals surface area contributed by atoms with Crippen LogP contribution in [0.15, 0.2) is 23.2 Å². The van der Waals surface area contributed by atoms with Gasteiger partial charge in [-0.1, -0.05) is 18.6 Å². The molecule has 0 amide bonds. The van der Waals surface area contributed by atoms with Crippen LogP contribution in [-0.2, 0) is 6.42 Å². The van der Waals surface area contributed by atoms with Gasteiger partial charge >= 0.3 is 0 Å². The van der Waals surface area contributed by atoms with E-state index in [1.165, 1.54) is 5.57 Å². The van der Waals surface area contributed by atoms with E-state index in [2.05, 4.69) is 24.9 Å². The molecule has 0 spiro atoms. The Kier molecular flexibility index (Phi) is 3.77. The van der Waals surface area contributed by atoms with E-state index in [0.717, 1.165) is 17.8 Å². The highest BCUT2D eigenvalue weighted by atomic mass is 32.1. The molecular formula is C13H19NOS. The van der Waals surface area contributed by atoms with Gasteiger partial charge in [-0.3, -0.25) is 0 Å². The molecule has 3 atom stereocenters. The van der Waals surface area contributed by atoms with Crippen molar-refractivity contribution in [2.75, 3.05) is 0 Å². The number of allylic oxidation sites excluding steroid dienone is 2. The topological polar surface area (TPSA) is 33.1 Å². The summed E-state index contributed by atoms with van der Waals surface area (Å²) in [6.45, 7) is 4.39. The molecular weight excluding hydrogens is 218 g/mol. The monoisotopic (exact) mass is 237 g/mol. The summed E-state index contributed by atoms with van der Waals surface area (Å²) in [4.78, 5) is 4.23. The lowest BCUT2D eigenvalue weighted by Crippen LogP contribution is -2.27. The third-order valence-corrected chi connectivity index (χ3v) is 4.04. The molecule has 3 heteroatoms. The second-order valence-corrected chi connectivity index (χ2v) is 5.87. The second kappa shape index (κ2) is 5.11. The minimum Gasteiger partial charge on any atom is -0.392 e. The van der Waals surface area contributed by atoms with Crippen molar-refractivity contribution in [3.05, 3.63) is 28.2 Å². The van der Waals surface area contributed by atoms with Crippen LogP contribution in [0, 0.1) is 11.8 Å². The van der Waals surface area contributed by atoms with Crippen molar-refractivity contribution in [2.24, 2.45) is 11.8 Å². The van der Waals surface area contributed by atoms with Gasteiger partial charge in [0.05, 0.1) is 11.1 Å². The van der Waals surface area contributed by atoms with Crippen molar-refractivity contribution >= 4 is 11.3 Å². The zero-order valence-electron chi connectivity index (χ0n) is 9.89. The van der Waals surface area contributed by atoms with Gasteiger partial charge in [0.25, 0.3) is 0 Å². The van der Waals surface area contributed by atoms with E-state index in [-0.39, 0.29) is 6.10 Å². The molecule has 1 aromatic rings. The number of hydrogen-bond donors (Lipinski definition) is 1. The first kappa shape index (κ1) is 11.8. The van der Waals surface area contributed by atoms with Gasteiger partial charge in [-0.05, 0) is 31.6 Å². The lowest BCUT2D eigenvalue weighted by molar-refractivity contribution is 0.0932. The molecule has 0 radical (unpaired) electrons. The molecule has 16 heavy (non-hydrogen) atoms. The van der Waals surface area contributed by atoms with Crippen molar-refractivity contribution in [1.29, 1.82) is 0 Å². The van der Waals surface area contributed by atoms with Crippen LogP contribution in [0.5, 0.6) is 0 Å². The number of rotatable bonds is 3.